The summed E-state index contributed by atoms with van der Waals surface area (Å²) in [6, 6.07) is 11.7. The number of rotatable bonds is 4. The maximum absolute atomic E-state index is 15.2. The average molecular weight is 577 g/mol. The Kier molecular flexibility index (Phi) is 5.55. The van der Waals surface area contributed by atoms with Gasteiger partial charge in [-0.15, -0.1) is 5.10 Å². The molecular weight excluding hydrogens is 558 g/mol. The van der Waals surface area contributed by atoms with Crippen LogP contribution in [-0.2, 0) is 0 Å². The molecule has 4 aromatic heterocycles. The number of fused-ring (bicyclic) bond motifs is 2. The molecule has 0 fully saturated rings. The molecule has 3 N–H and O–H groups in total. The Balaban J connectivity index is 1.29. The molecule has 10 nitrogen and oxygen atoms in total. The van der Waals surface area contributed by atoms with E-state index in [1.54, 1.807) is 58.0 Å². The molecule has 2 aromatic carbocycles. The van der Waals surface area contributed by atoms with Gasteiger partial charge in [0.2, 0.25) is 5.58 Å². The van der Waals surface area contributed by atoms with Crippen LogP contribution in [0.4, 0.5) is 10.2 Å². The van der Waals surface area contributed by atoms with Gasteiger partial charge in [0.25, 0.3) is 5.56 Å². The molecule has 1 aliphatic heterocycles. The van der Waals surface area contributed by atoms with Gasteiger partial charge in [-0.25, -0.2) is 14.1 Å². The Hall–Kier alpha value is -4.48. The lowest BCUT2D eigenvalue weighted by molar-refractivity contribution is 0.444. The van der Waals surface area contributed by atoms with Gasteiger partial charge in [0, 0.05) is 27.9 Å². The minimum atomic E-state index is -0.593. The van der Waals surface area contributed by atoms with Crippen LogP contribution in [0.5, 0.6) is 0 Å². The van der Waals surface area contributed by atoms with Gasteiger partial charge < -0.3 is 19.8 Å². The number of hydrogen-bond donors (Lipinski definition) is 2. The van der Waals surface area contributed by atoms with E-state index < -0.39 is 5.82 Å². The van der Waals surface area contributed by atoms with E-state index in [9.17, 15) is 4.79 Å². The number of aromatic amines is 1. The lowest BCUT2D eigenvalue weighted by Gasteiger charge is -2.15. The van der Waals surface area contributed by atoms with Gasteiger partial charge in [-0.1, -0.05) is 40.5 Å². The normalized spacial score (nSPS) is 16.6. The van der Waals surface area contributed by atoms with E-state index in [-0.39, 0.29) is 39.6 Å². The van der Waals surface area contributed by atoms with Gasteiger partial charge in [0.05, 0.1) is 35.2 Å². The first kappa shape index (κ1) is 24.6. The maximum Gasteiger partial charge on any atom is 0.252 e. The molecule has 7 rings (SSSR count). The second kappa shape index (κ2) is 9.04. The fraction of sp³-hybridized carbons (Fsp3) is 0.148. The van der Waals surface area contributed by atoms with Crippen molar-refractivity contribution in [2.24, 2.45) is 0 Å². The van der Waals surface area contributed by atoms with E-state index in [0.717, 1.165) is 5.69 Å². The molecule has 0 bridgehead atoms. The molecule has 0 radical (unpaired) electrons. The number of pyridine rings is 1. The first-order valence-corrected chi connectivity index (χ1v) is 13.1. The Morgan fingerprint density at radius 2 is 2.00 bits per heavy atom. The number of H-pyrrole nitrogens is 1. The molecule has 200 valence electrons. The Labute approximate surface area is 235 Å². The molecule has 0 amide bonds. The highest BCUT2D eigenvalue weighted by Gasteiger charge is 2.33. The molecular formula is C27H19Cl2FN8O2. The summed E-state index contributed by atoms with van der Waals surface area (Å²) in [4.78, 5) is 21.3. The fourth-order valence-corrected chi connectivity index (χ4v) is 5.70. The molecule has 0 unspecified atom stereocenters. The summed E-state index contributed by atoms with van der Waals surface area (Å²) in [5.41, 5.74) is 9.16. The molecule has 5 heterocycles. The van der Waals surface area contributed by atoms with Crippen molar-refractivity contribution in [3.63, 3.8) is 0 Å². The number of halogens is 3. The molecule has 0 aliphatic carbocycles. The van der Waals surface area contributed by atoms with Crippen LogP contribution in [0.15, 0.2) is 64.2 Å². The van der Waals surface area contributed by atoms with Crippen LogP contribution in [0.3, 0.4) is 0 Å². The second-order valence-corrected chi connectivity index (χ2v) is 10.6. The average Bonchev–Trinajstić information content (AvgIpc) is 3.72. The van der Waals surface area contributed by atoms with E-state index in [1.165, 1.54) is 0 Å². The molecule has 0 spiro atoms. The van der Waals surface area contributed by atoms with Crippen LogP contribution in [0.2, 0.25) is 10.2 Å². The standard InChI is InChI=1S/C27H19Cl2FN8O2/c1-12-6-21(27-32-10-18(33-27)15-3-4-16-25(24(15)30)40-35-26(16)31)38-20(12)7-13(8-23(38)39)17-9-14(28)2-5-19(17)37-11-22(29)34-36-37/h2-5,7-12,21H,6H2,1H3,(H2,31,35)(H,32,33)/t12-,21+/m1/s1. The molecule has 0 saturated carbocycles. The van der Waals surface area contributed by atoms with Gasteiger partial charge in [0.15, 0.2) is 16.8 Å². The van der Waals surface area contributed by atoms with Crippen LogP contribution in [0.1, 0.15) is 36.8 Å². The number of anilines is 1. The Bertz CT molecular complexity index is 2010. The van der Waals surface area contributed by atoms with Gasteiger partial charge >= 0.3 is 0 Å². The minimum Gasteiger partial charge on any atom is -0.380 e. The van der Waals surface area contributed by atoms with Crippen molar-refractivity contribution in [3.05, 3.63) is 92.7 Å². The lowest BCUT2D eigenvalue weighted by Crippen LogP contribution is -2.24. The SMILES string of the molecule is C[C@@H]1C[C@@H](c2ncc(-c3ccc4c(N)noc4c3F)[nH]2)n2c1cc(-c1cc(Cl)ccc1-n1cc(Cl)nn1)cc2=O. The zero-order valence-corrected chi connectivity index (χ0v) is 22.3. The van der Waals surface area contributed by atoms with Gasteiger partial charge in [-0.2, -0.15) is 0 Å². The third-order valence-corrected chi connectivity index (χ3v) is 7.69. The van der Waals surface area contributed by atoms with Gasteiger partial charge in [-0.3, -0.25) is 4.79 Å². The molecule has 6 aromatic rings. The molecule has 1 aliphatic rings. The first-order chi connectivity index (χ1) is 19.3. The zero-order chi connectivity index (χ0) is 27.7. The fourth-order valence-electron chi connectivity index (χ4n) is 5.41. The zero-order valence-electron chi connectivity index (χ0n) is 20.8. The van der Waals surface area contributed by atoms with Crippen molar-refractivity contribution in [3.8, 4) is 28.1 Å². The number of nitrogen functional groups attached to an aromatic ring is 1. The summed E-state index contributed by atoms with van der Waals surface area (Å²) in [5.74, 6) is 0.119. The summed E-state index contributed by atoms with van der Waals surface area (Å²) in [5, 5.41) is 12.7. The summed E-state index contributed by atoms with van der Waals surface area (Å²) >= 11 is 12.3. The monoisotopic (exact) mass is 576 g/mol. The van der Waals surface area contributed by atoms with Crippen molar-refractivity contribution < 1.29 is 8.91 Å². The Morgan fingerprint density at radius 3 is 2.80 bits per heavy atom. The van der Waals surface area contributed by atoms with E-state index >= 15 is 4.39 Å². The highest BCUT2D eigenvalue weighted by molar-refractivity contribution is 6.31. The highest BCUT2D eigenvalue weighted by atomic mass is 35.5. The minimum absolute atomic E-state index is 0.0247. The summed E-state index contributed by atoms with van der Waals surface area (Å²) in [6.45, 7) is 2.05. The van der Waals surface area contributed by atoms with Crippen molar-refractivity contribution in [2.45, 2.75) is 25.3 Å². The number of nitrogens with zero attached hydrogens (tertiary/aromatic N) is 6. The van der Waals surface area contributed by atoms with E-state index in [4.69, 9.17) is 33.5 Å². The molecule has 0 saturated heterocycles. The van der Waals surface area contributed by atoms with E-state index in [1.807, 2.05) is 6.07 Å². The third kappa shape index (κ3) is 3.81. The van der Waals surface area contributed by atoms with Crippen LogP contribution < -0.4 is 11.3 Å². The van der Waals surface area contributed by atoms with Crippen molar-refractivity contribution in [1.29, 1.82) is 0 Å². The summed E-state index contributed by atoms with van der Waals surface area (Å²) < 4.78 is 23.5. The number of benzene rings is 2. The number of aromatic nitrogens is 7. The number of hydrogen-bond acceptors (Lipinski definition) is 7. The van der Waals surface area contributed by atoms with Gasteiger partial charge in [-0.05, 0) is 54.3 Å². The molecule has 13 heteroatoms. The number of nitrogens with one attached hydrogen (secondary N) is 1. The van der Waals surface area contributed by atoms with E-state index in [0.29, 0.717) is 45.2 Å². The highest BCUT2D eigenvalue weighted by Crippen LogP contribution is 2.40. The third-order valence-electron chi connectivity index (χ3n) is 7.28. The first-order valence-electron chi connectivity index (χ1n) is 12.3. The van der Waals surface area contributed by atoms with Crippen LogP contribution in [0, 0.1) is 5.82 Å². The maximum atomic E-state index is 15.2. The molecule has 40 heavy (non-hydrogen) atoms. The van der Waals surface area contributed by atoms with Crippen LogP contribution in [0.25, 0.3) is 39.0 Å². The quantitative estimate of drug-likeness (QED) is 0.273. The topological polar surface area (TPSA) is 133 Å². The van der Waals surface area contributed by atoms with Crippen molar-refractivity contribution in [2.75, 3.05) is 5.73 Å². The van der Waals surface area contributed by atoms with Gasteiger partial charge in [0.1, 0.15) is 5.82 Å². The van der Waals surface area contributed by atoms with Crippen LogP contribution >= 0.6 is 23.2 Å². The number of imidazole rings is 1. The largest absolute Gasteiger partial charge is 0.380 e. The smallest absolute Gasteiger partial charge is 0.252 e. The Morgan fingerprint density at radius 1 is 1.15 bits per heavy atom. The van der Waals surface area contributed by atoms with Crippen molar-refractivity contribution >= 4 is 40.0 Å². The predicted octanol–water partition coefficient (Wildman–Crippen LogP) is 5.75. The van der Waals surface area contributed by atoms with Crippen molar-refractivity contribution in [1.82, 2.24) is 34.7 Å². The lowest BCUT2D eigenvalue weighted by atomic mass is 9.99. The predicted molar refractivity (Wildman–Crippen MR) is 148 cm³/mol. The molecule has 2 atom stereocenters. The van der Waals surface area contributed by atoms with E-state index in [2.05, 4.69) is 32.4 Å². The summed E-state index contributed by atoms with van der Waals surface area (Å²) in [6.07, 6.45) is 3.76. The summed E-state index contributed by atoms with van der Waals surface area (Å²) in [7, 11) is 0. The number of nitrogens with two attached hydrogens (primary N) is 1. The second-order valence-electron chi connectivity index (χ2n) is 9.73. The van der Waals surface area contributed by atoms with Crippen LogP contribution in [-0.4, -0.2) is 34.7 Å².